The number of benzene rings is 1. The molecule has 1 heterocycles. The van der Waals surface area contributed by atoms with E-state index in [1.165, 1.54) is 23.5 Å². The Hall–Kier alpha value is -1.17. The monoisotopic (exact) mass is 301 g/mol. The first-order chi connectivity index (χ1) is 9.02. The summed E-state index contributed by atoms with van der Waals surface area (Å²) in [6.45, 7) is 2.26. The number of hydrogen-bond acceptors (Lipinski definition) is 3. The number of methoxy groups -OCH3 is 1. The Kier molecular flexibility index (Phi) is 4.39. The molecular formula is C13H13ClFNO2S. The third-order valence-corrected chi connectivity index (χ3v) is 4.25. The fourth-order valence-corrected chi connectivity index (χ4v) is 3.21. The van der Waals surface area contributed by atoms with E-state index >= 15 is 0 Å². The third kappa shape index (κ3) is 3.05. The van der Waals surface area contributed by atoms with Crippen LogP contribution in [0, 0.1) is 5.82 Å². The van der Waals surface area contributed by atoms with E-state index in [9.17, 15) is 9.18 Å². The van der Waals surface area contributed by atoms with E-state index in [-0.39, 0.29) is 17.8 Å². The van der Waals surface area contributed by atoms with Crippen LogP contribution in [0.25, 0.3) is 10.1 Å². The summed E-state index contributed by atoms with van der Waals surface area (Å²) in [7, 11) is 1.57. The topological polar surface area (TPSA) is 38.3 Å². The van der Waals surface area contributed by atoms with Gasteiger partial charge < -0.3 is 10.1 Å². The molecule has 0 radical (unpaired) electrons. The number of rotatable bonds is 4. The second-order valence-corrected chi connectivity index (χ2v) is 5.65. The lowest BCUT2D eigenvalue weighted by Crippen LogP contribution is -2.35. The van der Waals surface area contributed by atoms with Crippen molar-refractivity contribution in [3.63, 3.8) is 0 Å². The van der Waals surface area contributed by atoms with Crippen LogP contribution in [0.5, 0.6) is 0 Å². The van der Waals surface area contributed by atoms with Gasteiger partial charge in [-0.25, -0.2) is 4.39 Å². The van der Waals surface area contributed by atoms with Gasteiger partial charge in [0.2, 0.25) is 0 Å². The van der Waals surface area contributed by atoms with E-state index in [1.54, 1.807) is 13.2 Å². The Morgan fingerprint density at radius 1 is 1.58 bits per heavy atom. The van der Waals surface area contributed by atoms with Gasteiger partial charge >= 0.3 is 0 Å². The van der Waals surface area contributed by atoms with Crippen molar-refractivity contribution < 1.29 is 13.9 Å². The Morgan fingerprint density at radius 2 is 2.32 bits per heavy atom. The summed E-state index contributed by atoms with van der Waals surface area (Å²) in [5.74, 6) is -0.610. The molecule has 0 aliphatic heterocycles. The van der Waals surface area contributed by atoms with Crippen LogP contribution in [0.2, 0.25) is 5.02 Å². The van der Waals surface area contributed by atoms with Crippen molar-refractivity contribution in [1.82, 2.24) is 5.32 Å². The number of halogens is 2. The average Bonchev–Trinajstić information content (AvgIpc) is 2.66. The lowest BCUT2D eigenvalue weighted by Gasteiger charge is -2.11. The largest absolute Gasteiger partial charge is 0.383 e. The van der Waals surface area contributed by atoms with Crippen LogP contribution in [0.4, 0.5) is 4.39 Å². The summed E-state index contributed by atoms with van der Waals surface area (Å²) in [4.78, 5) is 12.5. The molecule has 1 amide bonds. The van der Waals surface area contributed by atoms with Gasteiger partial charge in [0, 0.05) is 23.2 Å². The maximum Gasteiger partial charge on any atom is 0.263 e. The molecule has 1 atom stereocenters. The molecule has 0 bridgehead atoms. The number of fused-ring (bicyclic) bond motifs is 1. The molecule has 2 aromatic rings. The fraction of sp³-hybridized carbons (Fsp3) is 0.308. The van der Waals surface area contributed by atoms with E-state index in [0.29, 0.717) is 26.6 Å². The maximum atomic E-state index is 13.1. The van der Waals surface area contributed by atoms with Crippen molar-refractivity contribution in [2.45, 2.75) is 13.0 Å². The van der Waals surface area contributed by atoms with Crippen molar-refractivity contribution in [2.24, 2.45) is 0 Å². The zero-order valence-electron chi connectivity index (χ0n) is 10.5. The van der Waals surface area contributed by atoms with Gasteiger partial charge in [0.25, 0.3) is 5.91 Å². The molecule has 0 saturated heterocycles. The summed E-state index contributed by atoms with van der Waals surface area (Å²) in [6.07, 6.45) is 0. The first kappa shape index (κ1) is 14.2. The van der Waals surface area contributed by atoms with Crippen LogP contribution in [0.1, 0.15) is 16.6 Å². The summed E-state index contributed by atoms with van der Waals surface area (Å²) in [5, 5.41) is 3.84. The van der Waals surface area contributed by atoms with E-state index in [1.807, 2.05) is 6.92 Å². The van der Waals surface area contributed by atoms with Crippen LogP contribution in [-0.4, -0.2) is 25.7 Å². The normalized spacial score (nSPS) is 12.6. The average molecular weight is 302 g/mol. The first-order valence-corrected chi connectivity index (χ1v) is 6.89. The second kappa shape index (κ2) is 5.86. The van der Waals surface area contributed by atoms with E-state index in [2.05, 4.69) is 5.32 Å². The summed E-state index contributed by atoms with van der Waals surface area (Å²) in [5.41, 5.74) is 0. The van der Waals surface area contributed by atoms with Crippen molar-refractivity contribution in [1.29, 1.82) is 0 Å². The highest BCUT2D eigenvalue weighted by atomic mass is 35.5. The Morgan fingerprint density at radius 3 is 3.00 bits per heavy atom. The molecule has 6 heteroatoms. The highest BCUT2D eigenvalue weighted by Gasteiger charge is 2.18. The molecule has 19 heavy (non-hydrogen) atoms. The zero-order valence-corrected chi connectivity index (χ0v) is 12.1. The van der Waals surface area contributed by atoms with E-state index in [4.69, 9.17) is 16.3 Å². The van der Waals surface area contributed by atoms with Gasteiger partial charge in [-0.3, -0.25) is 4.79 Å². The SMILES string of the molecule is COCC(C)NC(=O)c1sc2cc(F)ccc2c1Cl. The van der Waals surface area contributed by atoms with Crippen molar-refractivity contribution >= 4 is 38.9 Å². The second-order valence-electron chi connectivity index (χ2n) is 4.22. The summed E-state index contributed by atoms with van der Waals surface area (Å²) in [6, 6.07) is 4.17. The van der Waals surface area contributed by atoms with Gasteiger partial charge in [0.05, 0.1) is 11.6 Å². The fourth-order valence-electron chi connectivity index (χ4n) is 1.77. The van der Waals surface area contributed by atoms with Gasteiger partial charge in [0.1, 0.15) is 10.7 Å². The van der Waals surface area contributed by atoms with Crippen molar-refractivity contribution in [2.75, 3.05) is 13.7 Å². The van der Waals surface area contributed by atoms with Crippen molar-refractivity contribution in [3.8, 4) is 0 Å². The van der Waals surface area contributed by atoms with Gasteiger partial charge in [-0.05, 0) is 25.1 Å². The van der Waals surface area contributed by atoms with Crippen LogP contribution in [0.3, 0.4) is 0 Å². The number of amides is 1. The highest BCUT2D eigenvalue weighted by molar-refractivity contribution is 7.21. The molecule has 1 N–H and O–H groups in total. The molecule has 1 aromatic carbocycles. The molecule has 0 aliphatic carbocycles. The predicted molar refractivity (Wildman–Crippen MR) is 75.6 cm³/mol. The Balaban J connectivity index is 2.29. The van der Waals surface area contributed by atoms with Crippen LogP contribution >= 0.6 is 22.9 Å². The minimum absolute atomic E-state index is 0.115. The number of carbonyl (C=O) groups is 1. The minimum Gasteiger partial charge on any atom is -0.383 e. The van der Waals surface area contributed by atoms with E-state index in [0.717, 1.165) is 0 Å². The van der Waals surface area contributed by atoms with E-state index < -0.39 is 0 Å². The molecule has 0 spiro atoms. The van der Waals surface area contributed by atoms with Crippen LogP contribution in [0.15, 0.2) is 18.2 Å². The van der Waals surface area contributed by atoms with Gasteiger partial charge in [-0.1, -0.05) is 11.6 Å². The van der Waals surface area contributed by atoms with Gasteiger partial charge in [0.15, 0.2) is 0 Å². The zero-order chi connectivity index (χ0) is 14.0. The molecule has 2 rings (SSSR count). The predicted octanol–water partition coefficient (Wildman–Crippen LogP) is 3.46. The quantitative estimate of drug-likeness (QED) is 0.939. The first-order valence-electron chi connectivity index (χ1n) is 5.70. The molecular weight excluding hydrogens is 289 g/mol. The molecule has 0 saturated carbocycles. The minimum atomic E-state index is -0.342. The molecule has 1 unspecified atom stereocenters. The molecule has 0 fully saturated rings. The molecule has 0 aliphatic rings. The molecule has 1 aromatic heterocycles. The standard InChI is InChI=1S/C13H13ClFNO2S/c1-7(6-18-2)16-13(17)12-11(14)9-4-3-8(15)5-10(9)19-12/h3-5,7H,6H2,1-2H3,(H,16,17). The van der Waals surface area contributed by atoms with Crippen molar-refractivity contribution in [3.05, 3.63) is 33.9 Å². The number of nitrogens with one attached hydrogen (secondary N) is 1. The lowest BCUT2D eigenvalue weighted by atomic mass is 10.2. The van der Waals surface area contributed by atoms with Crippen LogP contribution < -0.4 is 5.32 Å². The van der Waals surface area contributed by atoms with Crippen LogP contribution in [-0.2, 0) is 4.74 Å². The maximum absolute atomic E-state index is 13.1. The molecule has 102 valence electrons. The number of carbonyl (C=O) groups excluding carboxylic acids is 1. The van der Waals surface area contributed by atoms with Gasteiger partial charge in [-0.15, -0.1) is 11.3 Å². The number of hydrogen-bond donors (Lipinski definition) is 1. The lowest BCUT2D eigenvalue weighted by molar-refractivity contribution is 0.0910. The summed E-state index contributed by atoms with van der Waals surface area (Å²) >= 11 is 7.34. The molecule has 3 nitrogen and oxygen atoms in total. The third-order valence-electron chi connectivity index (χ3n) is 2.59. The number of thiophene rings is 1. The number of ether oxygens (including phenoxy) is 1. The Labute approximate surface area is 119 Å². The highest BCUT2D eigenvalue weighted by Crippen LogP contribution is 2.35. The Bertz CT molecular complexity index is 614. The summed E-state index contributed by atoms with van der Waals surface area (Å²) < 4.78 is 18.7. The smallest absolute Gasteiger partial charge is 0.263 e. The van der Waals surface area contributed by atoms with Gasteiger partial charge in [-0.2, -0.15) is 0 Å².